The molecule has 0 atom stereocenters. The second-order valence-corrected chi connectivity index (χ2v) is 7.08. The average molecular weight is 379 g/mol. The van der Waals surface area contributed by atoms with E-state index in [1.54, 1.807) is 22.8 Å². The Morgan fingerprint density at radius 3 is 2.57 bits per heavy atom. The second-order valence-electron chi connectivity index (χ2n) is 7.08. The van der Waals surface area contributed by atoms with Gasteiger partial charge in [0.1, 0.15) is 12.4 Å². The Hall–Kier alpha value is -3.42. The number of halogens is 1. The van der Waals surface area contributed by atoms with Crippen LogP contribution in [0, 0.1) is 5.82 Å². The van der Waals surface area contributed by atoms with E-state index in [0.717, 1.165) is 23.0 Å². The van der Waals surface area contributed by atoms with Gasteiger partial charge in [-0.3, -0.25) is 4.79 Å². The number of amides is 1. The van der Waals surface area contributed by atoms with Gasteiger partial charge in [0.2, 0.25) is 11.7 Å². The van der Waals surface area contributed by atoms with Crippen molar-refractivity contribution in [2.24, 2.45) is 0 Å². The quantitative estimate of drug-likeness (QED) is 0.576. The van der Waals surface area contributed by atoms with E-state index >= 15 is 0 Å². The van der Waals surface area contributed by atoms with Gasteiger partial charge in [0.15, 0.2) is 0 Å². The summed E-state index contributed by atoms with van der Waals surface area (Å²) in [6.07, 6.45) is 1.95. The molecule has 5 rings (SSSR count). The molecule has 0 saturated heterocycles. The van der Waals surface area contributed by atoms with Crippen molar-refractivity contribution in [1.82, 2.24) is 24.1 Å². The predicted molar refractivity (Wildman–Crippen MR) is 102 cm³/mol. The maximum absolute atomic E-state index is 14.2. The van der Waals surface area contributed by atoms with Crippen LogP contribution in [-0.4, -0.2) is 30.7 Å². The monoisotopic (exact) mass is 379 g/mol. The summed E-state index contributed by atoms with van der Waals surface area (Å²) in [5.74, 6) is -0.159. The van der Waals surface area contributed by atoms with E-state index in [4.69, 9.17) is 0 Å². The third-order valence-electron chi connectivity index (χ3n) is 5.00. The van der Waals surface area contributed by atoms with Gasteiger partial charge in [0.25, 0.3) is 0 Å². The molecule has 1 aliphatic carbocycles. The number of hydrogen-bond donors (Lipinski definition) is 1. The molecule has 2 heterocycles. The molecule has 1 N–H and O–H groups in total. The van der Waals surface area contributed by atoms with Gasteiger partial charge in [0.05, 0.1) is 17.6 Å². The van der Waals surface area contributed by atoms with E-state index in [-0.39, 0.29) is 36.5 Å². The minimum absolute atomic E-state index is 0.134. The Morgan fingerprint density at radius 1 is 1.11 bits per heavy atom. The summed E-state index contributed by atoms with van der Waals surface area (Å²) < 4.78 is 18.6. The third kappa shape index (κ3) is 2.77. The van der Waals surface area contributed by atoms with Gasteiger partial charge in [-0.1, -0.05) is 30.3 Å². The smallest absolute Gasteiger partial charge is 0.352 e. The molecule has 1 fully saturated rings. The van der Waals surface area contributed by atoms with E-state index in [2.05, 4.69) is 10.4 Å². The Kier molecular flexibility index (Phi) is 3.78. The van der Waals surface area contributed by atoms with E-state index in [9.17, 15) is 14.0 Å². The van der Waals surface area contributed by atoms with Crippen LogP contribution in [-0.2, 0) is 17.9 Å². The summed E-state index contributed by atoms with van der Waals surface area (Å²) in [4.78, 5) is 25.0. The number of hydrogen-bond acceptors (Lipinski definition) is 3. The lowest BCUT2D eigenvalue weighted by Crippen LogP contribution is -2.33. The van der Waals surface area contributed by atoms with Crippen LogP contribution in [0.5, 0.6) is 0 Å². The van der Waals surface area contributed by atoms with Gasteiger partial charge in [-0.25, -0.2) is 18.3 Å². The van der Waals surface area contributed by atoms with Crippen LogP contribution >= 0.6 is 0 Å². The van der Waals surface area contributed by atoms with Crippen molar-refractivity contribution >= 4 is 22.7 Å². The normalized spacial score (nSPS) is 14.0. The van der Waals surface area contributed by atoms with Crippen LogP contribution in [0.3, 0.4) is 0 Å². The standard InChI is InChI=1S/C20H18FN5O2/c21-15-6-2-1-5-13(15)11-24-16-7-3-4-8-17(16)26-19(24)23-25(20(26)28)12-18(27)22-14-9-10-14/h1-8,14H,9-12H2,(H,22,27). The van der Waals surface area contributed by atoms with Gasteiger partial charge in [-0.15, -0.1) is 5.10 Å². The number of carbonyl (C=O) groups is 1. The first-order chi connectivity index (χ1) is 13.6. The Labute approximate surface area is 159 Å². The summed E-state index contributed by atoms with van der Waals surface area (Å²) in [5, 5.41) is 7.25. The number of nitrogens with zero attached hydrogens (tertiary/aromatic N) is 4. The zero-order valence-corrected chi connectivity index (χ0v) is 15.0. The Bertz CT molecular complexity index is 1260. The largest absolute Gasteiger partial charge is 0.352 e. The number of rotatable bonds is 5. The van der Waals surface area contributed by atoms with E-state index in [1.807, 2.05) is 24.3 Å². The maximum Gasteiger partial charge on any atom is 0.352 e. The number of para-hydroxylation sites is 2. The van der Waals surface area contributed by atoms with E-state index in [0.29, 0.717) is 16.9 Å². The molecule has 142 valence electrons. The first-order valence-corrected chi connectivity index (χ1v) is 9.21. The van der Waals surface area contributed by atoms with Crippen molar-refractivity contribution in [3.05, 3.63) is 70.4 Å². The van der Waals surface area contributed by atoms with Crippen molar-refractivity contribution in [3.63, 3.8) is 0 Å². The van der Waals surface area contributed by atoms with E-state index in [1.165, 1.54) is 10.5 Å². The van der Waals surface area contributed by atoms with Crippen LogP contribution in [0.4, 0.5) is 4.39 Å². The molecule has 8 heteroatoms. The number of imidazole rings is 1. The Balaban J connectivity index is 1.63. The van der Waals surface area contributed by atoms with Gasteiger partial charge in [0, 0.05) is 11.6 Å². The molecular formula is C20H18FN5O2. The Morgan fingerprint density at radius 2 is 1.82 bits per heavy atom. The number of aromatic nitrogens is 4. The molecule has 1 amide bonds. The van der Waals surface area contributed by atoms with Crippen molar-refractivity contribution in [2.75, 3.05) is 0 Å². The summed E-state index contributed by atoms with van der Waals surface area (Å²) >= 11 is 0. The highest BCUT2D eigenvalue weighted by Crippen LogP contribution is 2.21. The van der Waals surface area contributed by atoms with Crippen LogP contribution in [0.2, 0.25) is 0 Å². The first-order valence-electron chi connectivity index (χ1n) is 9.21. The number of carbonyl (C=O) groups excluding carboxylic acids is 1. The molecule has 7 nitrogen and oxygen atoms in total. The van der Waals surface area contributed by atoms with Crippen molar-refractivity contribution in [2.45, 2.75) is 32.0 Å². The fraction of sp³-hybridized carbons (Fsp3) is 0.250. The molecule has 0 spiro atoms. The highest BCUT2D eigenvalue weighted by Gasteiger charge is 2.25. The fourth-order valence-corrected chi connectivity index (χ4v) is 3.46. The molecular weight excluding hydrogens is 361 g/mol. The van der Waals surface area contributed by atoms with Gasteiger partial charge in [-0.05, 0) is 31.0 Å². The second kappa shape index (κ2) is 6.33. The molecule has 1 saturated carbocycles. The van der Waals surface area contributed by atoms with Crippen LogP contribution in [0.1, 0.15) is 18.4 Å². The predicted octanol–water partition coefficient (Wildman–Crippen LogP) is 1.92. The summed E-state index contributed by atoms with van der Waals surface area (Å²) in [6, 6.07) is 14.1. The summed E-state index contributed by atoms with van der Waals surface area (Å²) in [7, 11) is 0. The van der Waals surface area contributed by atoms with E-state index < -0.39 is 0 Å². The summed E-state index contributed by atoms with van der Waals surface area (Å²) in [5.41, 5.74) is 1.57. The highest BCUT2D eigenvalue weighted by atomic mass is 19.1. The molecule has 0 radical (unpaired) electrons. The number of benzene rings is 2. The molecule has 1 aliphatic rings. The average Bonchev–Trinajstić information content (AvgIpc) is 3.37. The lowest BCUT2D eigenvalue weighted by molar-refractivity contribution is -0.122. The van der Waals surface area contributed by atoms with Crippen LogP contribution < -0.4 is 11.0 Å². The van der Waals surface area contributed by atoms with Crippen molar-refractivity contribution in [1.29, 1.82) is 0 Å². The van der Waals surface area contributed by atoms with Gasteiger partial charge < -0.3 is 9.88 Å². The lowest BCUT2D eigenvalue weighted by atomic mass is 10.2. The maximum atomic E-state index is 14.2. The number of nitrogens with one attached hydrogen (secondary N) is 1. The highest BCUT2D eigenvalue weighted by molar-refractivity contribution is 5.81. The van der Waals surface area contributed by atoms with Crippen molar-refractivity contribution in [3.8, 4) is 0 Å². The molecule has 0 unspecified atom stereocenters. The molecule has 2 aromatic heterocycles. The molecule has 4 aromatic rings. The number of fused-ring (bicyclic) bond motifs is 3. The van der Waals surface area contributed by atoms with Crippen molar-refractivity contribution < 1.29 is 9.18 Å². The van der Waals surface area contributed by atoms with Gasteiger partial charge >= 0.3 is 5.69 Å². The molecule has 28 heavy (non-hydrogen) atoms. The minimum Gasteiger partial charge on any atom is -0.352 e. The molecule has 0 bridgehead atoms. The molecule has 0 aliphatic heterocycles. The zero-order valence-electron chi connectivity index (χ0n) is 15.0. The minimum atomic E-state index is -0.385. The summed E-state index contributed by atoms with van der Waals surface area (Å²) in [6.45, 7) is 0.0967. The topological polar surface area (TPSA) is 73.3 Å². The molecule has 2 aromatic carbocycles. The van der Waals surface area contributed by atoms with Crippen LogP contribution in [0.15, 0.2) is 53.3 Å². The SMILES string of the molecule is O=C(Cn1nc2n(Cc3ccccc3F)c3ccccc3n2c1=O)NC1CC1. The third-order valence-corrected chi connectivity index (χ3v) is 5.00. The van der Waals surface area contributed by atoms with Crippen LogP contribution in [0.25, 0.3) is 16.8 Å². The van der Waals surface area contributed by atoms with Gasteiger partial charge in [-0.2, -0.15) is 0 Å². The zero-order chi connectivity index (χ0) is 19.3. The lowest BCUT2D eigenvalue weighted by Gasteiger charge is -2.06. The fourth-order valence-electron chi connectivity index (χ4n) is 3.46. The first kappa shape index (κ1) is 16.7.